The smallest absolute Gasteiger partial charge is 0.243 e. The van der Waals surface area contributed by atoms with E-state index < -0.39 is 10.0 Å². The maximum absolute atomic E-state index is 12.8. The van der Waals surface area contributed by atoms with E-state index in [0.29, 0.717) is 25.4 Å². The summed E-state index contributed by atoms with van der Waals surface area (Å²) < 4.78 is 32.1. The molecule has 0 aliphatic rings. The second kappa shape index (κ2) is 7.24. The summed E-state index contributed by atoms with van der Waals surface area (Å²) in [4.78, 5) is 0.250. The van der Waals surface area contributed by atoms with Gasteiger partial charge in [-0.3, -0.25) is 0 Å². The molecule has 0 aliphatic heterocycles. The van der Waals surface area contributed by atoms with Gasteiger partial charge in [-0.1, -0.05) is 13.8 Å². The highest BCUT2D eigenvalue weighted by molar-refractivity contribution is 7.89. The lowest BCUT2D eigenvalue weighted by Gasteiger charge is -2.24. The topological polar surface area (TPSA) is 72.6 Å². The molecule has 0 spiro atoms. The first-order chi connectivity index (χ1) is 9.70. The quantitative estimate of drug-likeness (QED) is 0.783. The lowest BCUT2D eigenvalue weighted by atomic mass is 10.1. The Labute approximate surface area is 128 Å². The van der Waals surface area contributed by atoms with Crippen molar-refractivity contribution < 1.29 is 13.2 Å². The zero-order chi connectivity index (χ0) is 16.2. The molecule has 0 saturated carbocycles. The monoisotopic (exact) mass is 314 g/mol. The van der Waals surface area contributed by atoms with E-state index >= 15 is 0 Å². The Bertz CT molecular complexity index is 560. The fourth-order valence-electron chi connectivity index (χ4n) is 2.06. The fraction of sp³-hybridized carbons (Fsp3) is 0.600. The van der Waals surface area contributed by atoms with Crippen LogP contribution in [0.25, 0.3) is 0 Å². The predicted octanol–water partition coefficient (Wildman–Crippen LogP) is 2.18. The number of nitrogens with two attached hydrogens (primary N) is 1. The van der Waals surface area contributed by atoms with E-state index in [0.717, 1.165) is 11.1 Å². The zero-order valence-electron chi connectivity index (χ0n) is 13.5. The zero-order valence-corrected chi connectivity index (χ0v) is 14.3. The molecule has 0 fully saturated rings. The Hall–Kier alpha value is -1.11. The van der Waals surface area contributed by atoms with Crippen LogP contribution in [0.2, 0.25) is 0 Å². The molecule has 0 atom stereocenters. The summed E-state index contributed by atoms with van der Waals surface area (Å²) in [7, 11) is -1.99. The fourth-order valence-corrected chi connectivity index (χ4v) is 3.77. The largest absolute Gasteiger partial charge is 0.398 e. The Morgan fingerprint density at radius 2 is 1.90 bits per heavy atom. The van der Waals surface area contributed by atoms with Crippen LogP contribution < -0.4 is 5.73 Å². The number of rotatable bonds is 7. The Morgan fingerprint density at radius 3 is 2.38 bits per heavy atom. The van der Waals surface area contributed by atoms with Crippen LogP contribution in [-0.2, 0) is 14.8 Å². The number of nitrogens with zero attached hydrogens (tertiary/aromatic N) is 1. The number of hydrogen-bond donors (Lipinski definition) is 1. The van der Waals surface area contributed by atoms with Crippen molar-refractivity contribution in [2.45, 2.75) is 32.6 Å². The normalized spacial score (nSPS) is 12.3. The van der Waals surface area contributed by atoms with Gasteiger partial charge in [0.2, 0.25) is 10.0 Å². The molecule has 0 radical (unpaired) electrons. The molecule has 0 saturated heterocycles. The first-order valence-corrected chi connectivity index (χ1v) is 8.50. The molecule has 0 heterocycles. The maximum atomic E-state index is 12.8. The van der Waals surface area contributed by atoms with Crippen molar-refractivity contribution >= 4 is 15.7 Å². The molecule has 21 heavy (non-hydrogen) atoms. The van der Waals surface area contributed by atoms with Gasteiger partial charge in [0.25, 0.3) is 0 Å². The van der Waals surface area contributed by atoms with E-state index in [4.69, 9.17) is 10.5 Å². The minimum absolute atomic E-state index is 0.237. The van der Waals surface area contributed by atoms with Crippen LogP contribution in [0.1, 0.15) is 25.0 Å². The molecule has 6 heteroatoms. The lowest BCUT2D eigenvalue weighted by molar-refractivity contribution is 0.175. The molecule has 1 rings (SSSR count). The van der Waals surface area contributed by atoms with Crippen LogP contribution in [0.4, 0.5) is 5.69 Å². The molecule has 1 aromatic rings. The number of anilines is 1. The number of hydrogen-bond acceptors (Lipinski definition) is 4. The van der Waals surface area contributed by atoms with Gasteiger partial charge in [0.05, 0.1) is 11.5 Å². The lowest BCUT2D eigenvalue weighted by Crippen LogP contribution is -2.36. The maximum Gasteiger partial charge on any atom is 0.243 e. The van der Waals surface area contributed by atoms with Gasteiger partial charge < -0.3 is 10.5 Å². The van der Waals surface area contributed by atoms with Crippen molar-refractivity contribution in [3.05, 3.63) is 23.3 Å². The summed E-state index contributed by atoms with van der Waals surface area (Å²) in [6, 6.07) is 3.22. The highest BCUT2D eigenvalue weighted by Gasteiger charge is 2.25. The molecule has 5 nitrogen and oxygen atoms in total. The minimum atomic E-state index is -3.56. The van der Waals surface area contributed by atoms with Gasteiger partial charge in [-0.25, -0.2) is 8.42 Å². The third-order valence-electron chi connectivity index (χ3n) is 3.43. The molecular formula is C15H26N2O3S. The highest BCUT2D eigenvalue weighted by Crippen LogP contribution is 2.24. The van der Waals surface area contributed by atoms with Crippen LogP contribution in [0.5, 0.6) is 0 Å². The second-order valence-electron chi connectivity index (χ2n) is 5.70. The average molecular weight is 314 g/mol. The van der Waals surface area contributed by atoms with Crippen LogP contribution >= 0.6 is 0 Å². The van der Waals surface area contributed by atoms with Crippen molar-refractivity contribution in [2.75, 3.05) is 32.5 Å². The van der Waals surface area contributed by atoms with Crippen molar-refractivity contribution in [3.63, 3.8) is 0 Å². The highest BCUT2D eigenvalue weighted by atomic mass is 32.2. The predicted molar refractivity (Wildman–Crippen MR) is 85.8 cm³/mol. The second-order valence-corrected chi connectivity index (χ2v) is 7.64. The summed E-state index contributed by atoms with van der Waals surface area (Å²) in [6.07, 6.45) is 0. The Morgan fingerprint density at radius 1 is 1.29 bits per heavy atom. The molecule has 2 N–H and O–H groups in total. The number of aryl methyl sites for hydroxylation is 1. The molecule has 120 valence electrons. The van der Waals surface area contributed by atoms with E-state index in [1.807, 2.05) is 27.7 Å². The number of benzene rings is 1. The molecule has 0 amide bonds. The minimum Gasteiger partial charge on any atom is -0.398 e. The number of ether oxygens (including phenoxy) is 1. The molecule has 0 bridgehead atoms. The summed E-state index contributed by atoms with van der Waals surface area (Å²) in [5.41, 5.74) is 8.21. The van der Waals surface area contributed by atoms with Gasteiger partial charge >= 0.3 is 0 Å². The third-order valence-corrected chi connectivity index (χ3v) is 5.28. The van der Waals surface area contributed by atoms with Crippen LogP contribution in [0, 0.1) is 19.8 Å². The third kappa shape index (κ3) is 4.43. The SMILES string of the molecule is COCCN(CC(C)C)S(=O)(=O)c1cc(C)c(C)c(N)c1. The summed E-state index contributed by atoms with van der Waals surface area (Å²) in [6.45, 7) is 8.90. The van der Waals surface area contributed by atoms with Gasteiger partial charge in [-0.05, 0) is 43.0 Å². The van der Waals surface area contributed by atoms with Crippen molar-refractivity contribution in [1.82, 2.24) is 4.31 Å². The van der Waals surface area contributed by atoms with Crippen LogP contribution in [-0.4, -0.2) is 39.5 Å². The van der Waals surface area contributed by atoms with E-state index in [9.17, 15) is 8.42 Å². The number of methoxy groups -OCH3 is 1. The van der Waals surface area contributed by atoms with Gasteiger partial charge in [-0.15, -0.1) is 0 Å². The Kier molecular flexibility index (Phi) is 6.19. The van der Waals surface area contributed by atoms with Gasteiger partial charge in [-0.2, -0.15) is 4.31 Å². The van der Waals surface area contributed by atoms with E-state index in [1.54, 1.807) is 13.2 Å². The molecule has 1 aromatic carbocycles. The van der Waals surface area contributed by atoms with Crippen molar-refractivity contribution in [3.8, 4) is 0 Å². The van der Waals surface area contributed by atoms with E-state index in [2.05, 4.69) is 0 Å². The van der Waals surface area contributed by atoms with Crippen LogP contribution in [0.15, 0.2) is 17.0 Å². The molecule has 0 aliphatic carbocycles. The van der Waals surface area contributed by atoms with Crippen molar-refractivity contribution in [1.29, 1.82) is 0 Å². The summed E-state index contributed by atoms with van der Waals surface area (Å²) in [5, 5.41) is 0. The van der Waals surface area contributed by atoms with Crippen molar-refractivity contribution in [2.24, 2.45) is 5.92 Å². The van der Waals surface area contributed by atoms with Crippen LogP contribution in [0.3, 0.4) is 0 Å². The van der Waals surface area contributed by atoms with E-state index in [-0.39, 0.29) is 10.8 Å². The standard InChI is InChI=1S/C15H26N2O3S/c1-11(2)10-17(6-7-20-5)21(18,19)14-8-12(3)13(4)15(16)9-14/h8-9,11H,6-7,10,16H2,1-5H3. The molecular weight excluding hydrogens is 288 g/mol. The van der Waals surface area contributed by atoms with Gasteiger partial charge in [0.1, 0.15) is 0 Å². The first kappa shape index (κ1) is 17.9. The number of sulfonamides is 1. The molecule has 0 aromatic heterocycles. The Balaban J connectivity index is 3.21. The van der Waals surface area contributed by atoms with Gasteiger partial charge in [0.15, 0.2) is 0 Å². The summed E-state index contributed by atoms with van der Waals surface area (Å²) >= 11 is 0. The summed E-state index contributed by atoms with van der Waals surface area (Å²) in [5.74, 6) is 0.237. The first-order valence-electron chi connectivity index (χ1n) is 7.06. The van der Waals surface area contributed by atoms with Gasteiger partial charge in [0, 0.05) is 25.9 Å². The molecule has 0 unspecified atom stereocenters. The average Bonchev–Trinajstić information content (AvgIpc) is 2.39. The number of nitrogen functional groups attached to an aromatic ring is 1. The van der Waals surface area contributed by atoms with E-state index in [1.165, 1.54) is 10.4 Å².